The van der Waals surface area contributed by atoms with E-state index in [0.717, 1.165) is 12.1 Å². The molecule has 0 amide bonds. The standard InChI is InChI=1S/C23H35NO/c1-8-10-13-23(7)17(5)15-21(24-25-14-9-2)22-18(6)19(16(3)4)11-12-20(22)23/h9,11-12,16-17H,2,8,10,13-15H2,1,3-7H3/b24-21+. The Morgan fingerprint density at radius 1 is 1.40 bits per heavy atom. The predicted molar refractivity (Wildman–Crippen MR) is 109 cm³/mol. The third kappa shape index (κ3) is 3.83. The van der Waals surface area contributed by atoms with Gasteiger partial charge in [-0.25, -0.2) is 0 Å². The predicted octanol–water partition coefficient (Wildman–Crippen LogP) is 6.51. The average Bonchev–Trinajstić information content (AvgIpc) is 2.57. The number of nitrogens with zero attached hydrogens (tertiary/aromatic N) is 1. The van der Waals surface area contributed by atoms with Gasteiger partial charge in [0, 0.05) is 5.56 Å². The van der Waals surface area contributed by atoms with Gasteiger partial charge in [0.15, 0.2) is 0 Å². The molecule has 2 nitrogen and oxygen atoms in total. The summed E-state index contributed by atoms with van der Waals surface area (Å²) in [5, 5.41) is 4.52. The zero-order valence-corrected chi connectivity index (χ0v) is 17.0. The highest BCUT2D eigenvalue weighted by Gasteiger charge is 2.41. The van der Waals surface area contributed by atoms with E-state index in [2.05, 4.69) is 65.4 Å². The normalized spacial score (nSPS) is 24.4. The minimum Gasteiger partial charge on any atom is -0.391 e. The Balaban J connectivity index is 2.61. The van der Waals surface area contributed by atoms with Crippen molar-refractivity contribution < 1.29 is 4.84 Å². The number of hydrogen-bond acceptors (Lipinski definition) is 2. The fraction of sp³-hybridized carbons (Fsp3) is 0.609. The molecule has 2 rings (SSSR count). The van der Waals surface area contributed by atoms with Gasteiger partial charge in [0.2, 0.25) is 0 Å². The highest BCUT2D eigenvalue weighted by Crippen LogP contribution is 2.46. The molecular formula is C23H35NO. The van der Waals surface area contributed by atoms with Crippen LogP contribution in [0.25, 0.3) is 0 Å². The molecule has 2 heteroatoms. The maximum Gasteiger partial charge on any atom is 0.135 e. The van der Waals surface area contributed by atoms with Crippen LogP contribution in [0.4, 0.5) is 0 Å². The molecule has 0 saturated heterocycles. The van der Waals surface area contributed by atoms with E-state index >= 15 is 0 Å². The average molecular weight is 342 g/mol. The number of rotatable bonds is 7. The number of hydrogen-bond donors (Lipinski definition) is 0. The molecule has 0 bridgehead atoms. The first-order valence-electron chi connectivity index (χ1n) is 9.80. The van der Waals surface area contributed by atoms with E-state index in [0.29, 0.717) is 18.4 Å². The first kappa shape index (κ1) is 19.8. The zero-order chi connectivity index (χ0) is 18.6. The maximum absolute atomic E-state index is 5.50. The van der Waals surface area contributed by atoms with Crippen LogP contribution in [0.2, 0.25) is 0 Å². The van der Waals surface area contributed by atoms with Crippen LogP contribution < -0.4 is 0 Å². The van der Waals surface area contributed by atoms with E-state index < -0.39 is 0 Å². The van der Waals surface area contributed by atoms with Gasteiger partial charge in [0.05, 0.1) is 5.71 Å². The smallest absolute Gasteiger partial charge is 0.135 e. The van der Waals surface area contributed by atoms with E-state index in [-0.39, 0.29) is 5.41 Å². The van der Waals surface area contributed by atoms with E-state index in [4.69, 9.17) is 4.84 Å². The van der Waals surface area contributed by atoms with Gasteiger partial charge < -0.3 is 4.84 Å². The molecule has 138 valence electrons. The molecule has 0 fully saturated rings. The molecule has 1 aliphatic carbocycles. The molecule has 1 aromatic rings. The van der Waals surface area contributed by atoms with Crippen molar-refractivity contribution in [2.45, 2.75) is 78.6 Å². The van der Waals surface area contributed by atoms with Crippen molar-refractivity contribution in [3.05, 3.63) is 47.0 Å². The van der Waals surface area contributed by atoms with E-state index in [9.17, 15) is 0 Å². The summed E-state index contributed by atoms with van der Waals surface area (Å²) in [5.41, 5.74) is 6.92. The highest BCUT2D eigenvalue weighted by molar-refractivity contribution is 6.04. The Labute approximate surface area is 154 Å². The molecule has 0 spiro atoms. The first-order chi connectivity index (χ1) is 11.9. The Morgan fingerprint density at radius 2 is 2.12 bits per heavy atom. The van der Waals surface area contributed by atoms with Crippen molar-refractivity contribution in [3.8, 4) is 0 Å². The van der Waals surface area contributed by atoms with Crippen LogP contribution in [0, 0.1) is 12.8 Å². The van der Waals surface area contributed by atoms with E-state index in [1.54, 1.807) is 6.08 Å². The lowest BCUT2D eigenvalue weighted by molar-refractivity contribution is 0.172. The molecule has 0 aromatic heterocycles. The molecule has 25 heavy (non-hydrogen) atoms. The molecular weight excluding hydrogens is 306 g/mol. The molecule has 0 heterocycles. The minimum absolute atomic E-state index is 0.211. The molecule has 2 atom stereocenters. The fourth-order valence-corrected chi connectivity index (χ4v) is 4.26. The number of fused-ring (bicyclic) bond motifs is 1. The van der Waals surface area contributed by atoms with Gasteiger partial charge >= 0.3 is 0 Å². The number of unbranched alkanes of at least 4 members (excludes halogenated alkanes) is 1. The summed E-state index contributed by atoms with van der Waals surface area (Å²) in [6.07, 6.45) is 6.47. The summed E-state index contributed by atoms with van der Waals surface area (Å²) >= 11 is 0. The van der Waals surface area contributed by atoms with Gasteiger partial charge in [0.1, 0.15) is 6.61 Å². The lowest BCUT2D eigenvalue weighted by atomic mass is 9.61. The summed E-state index contributed by atoms with van der Waals surface area (Å²) < 4.78 is 0. The van der Waals surface area contributed by atoms with Gasteiger partial charge in [-0.05, 0) is 53.7 Å². The Kier molecular flexibility index (Phi) is 6.48. The lowest BCUT2D eigenvalue weighted by Gasteiger charge is -2.43. The van der Waals surface area contributed by atoms with Gasteiger partial charge in [-0.2, -0.15) is 0 Å². The van der Waals surface area contributed by atoms with Crippen LogP contribution in [0.3, 0.4) is 0 Å². The fourth-order valence-electron chi connectivity index (χ4n) is 4.26. The van der Waals surface area contributed by atoms with Crippen LogP contribution >= 0.6 is 0 Å². The second-order valence-corrected chi connectivity index (χ2v) is 8.11. The third-order valence-corrected chi connectivity index (χ3v) is 6.04. The SMILES string of the molecule is C=CCO/N=C1\CC(C)C(C)(CCCC)c2ccc(C(C)C)c(C)c21. The molecule has 0 aliphatic heterocycles. The minimum atomic E-state index is 0.211. The van der Waals surface area contributed by atoms with Gasteiger partial charge in [-0.1, -0.05) is 77.4 Å². The first-order valence-corrected chi connectivity index (χ1v) is 9.80. The van der Waals surface area contributed by atoms with Gasteiger partial charge in [-0.3, -0.25) is 0 Å². The molecule has 2 unspecified atom stereocenters. The highest BCUT2D eigenvalue weighted by atomic mass is 16.6. The van der Waals surface area contributed by atoms with E-state index in [1.165, 1.54) is 41.5 Å². The maximum atomic E-state index is 5.50. The molecule has 0 saturated carbocycles. The summed E-state index contributed by atoms with van der Waals surface area (Å²) in [4.78, 5) is 5.50. The van der Waals surface area contributed by atoms with Crippen molar-refractivity contribution in [1.82, 2.24) is 0 Å². The quantitative estimate of drug-likeness (QED) is 0.314. The monoisotopic (exact) mass is 341 g/mol. The summed E-state index contributed by atoms with van der Waals surface area (Å²) in [7, 11) is 0. The molecule has 1 aliphatic rings. The second kappa shape index (κ2) is 8.21. The Bertz CT molecular complexity index is 644. The zero-order valence-electron chi connectivity index (χ0n) is 17.0. The van der Waals surface area contributed by atoms with Crippen molar-refractivity contribution in [1.29, 1.82) is 0 Å². The number of benzene rings is 1. The molecule has 0 N–H and O–H groups in total. The summed E-state index contributed by atoms with van der Waals surface area (Å²) in [6.45, 7) is 18.1. The van der Waals surface area contributed by atoms with Crippen LogP contribution in [0.5, 0.6) is 0 Å². The van der Waals surface area contributed by atoms with Crippen molar-refractivity contribution >= 4 is 5.71 Å². The van der Waals surface area contributed by atoms with Crippen molar-refractivity contribution in [2.24, 2.45) is 11.1 Å². The van der Waals surface area contributed by atoms with Crippen LogP contribution in [-0.2, 0) is 10.3 Å². The van der Waals surface area contributed by atoms with Crippen molar-refractivity contribution in [3.63, 3.8) is 0 Å². The van der Waals surface area contributed by atoms with E-state index in [1.807, 2.05) is 0 Å². The molecule has 0 radical (unpaired) electrons. The largest absolute Gasteiger partial charge is 0.391 e. The lowest BCUT2D eigenvalue weighted by Crippen LogP contribution is -2.39. The Hall–Kier alpha value is -1.57. The van der Waals surface area contributed by atoms with Gasteiger partial charge in [0.25, 0.3) is 0 Å². The van der Waals surface area contributed by atoms with Crippen LogP contribution in [0.1, 0.15) is 88.5 Å². The number of oxime groups is 1. The summed E-state index contributed by atoms with van der Waals surface area (Å²) in [6, 6.07) is 4.70. The van der Waals surface area contributed by atoms with Crippen LogP contribution in [0.15, 0.2) is 29.9 Å². The van der Waals surface area contributed by atoms with Crippen molar-refractivity contribution in [2.75, 3.05) is 6.61 Å². The topological polar surface area (TPSA) is 21.6 Å². The van der Waals surface area contributed by atoms with Crippen LogP contribution in [-0.4, -0.2) is 12.3 Å². The third-order valence-electron chi connectivity index (χ3n) is 6.04. The summed E-state index contributed by atoms with van der Waals surface area (Å²) in [5.74, 6) is 1.07. The van der Waals surface area contributed by atoms with Gasteiger partial charge in [-0.15, -0.1) is 0 Å². The molecule has 1 aromatic carbocycles. The second-order valence-electron chi connectivity index (χ2n) is 8.11. The Morgan fingerprint density at radius 3 is 2.72 bits per heavy atom.